The number of anilines is 1. The average molecular weight is 447 g/mol. The fourth-order valence-corrected chi connectivity index (χ4v) is 3.34. The number of H-pyrrole nitrogens is 1. The highest BCUT2D eigenvalue weighted by atomic mass is 19.4. The van der Waals surface area contributed by atoms with E-state index in [1.54, 1.807) is 23.1 Å². The summed E-state index contributed by atoms with van der Waals surface area (Å²) in [5, 5.41) is 15.6. The zero-order valence-electron chi connectivity index (χ0n) is 16.8. The van der Waals surface area contributed by atoms with Crippen molar-refractivity contribution in [3.63, 3.8) is 0 Å². The molecular weight excluding hydrogens is 427 g/mol. The molecule has 0 atom stereocenters. The van der Waals surface area contributed by atoms with Crippen molar-refractivity contribution in [1.82, 2.24) is 30.4 Å². The van der Waals surface area contributed by atoms with E-state index < -0.39 is 11.7 Å². The van der Waals surface area contributed by atoms with Crippen LogP contribution in [0.15, 0.2) is 48.5 Å². The second-order valence-corrected chi connectivity index (χ2v) is 7.20. The standard InChI is InChI=1S/C20H20F3N7O2/c21-20(22,23)15-4-2-6-17(12-15)32-16-5-1-3-14(11-16)13-29-7-9-30(10-8-29)19(31)24-18-25-27-28-26-18/h1-6,11-12H,7-10,13H2,(H2,24,25,26,27,28,31). The first-order valence-corrected chi connectivity index (χ1v) is 9.82. The molecule has 12 heteroatoms. The van der Waals surface area contributed by atoms with Crippen molar-refractivity contribution in [1.29, 1.82) is 0 Å². The van der Waals surface area contributed by atoms with Crippen molar-refractivity contribution in [2.75, 3.05) is 31.5 Å². The number of nitrogens with one attached hydrogen (secondary N) is 2. The number of aromatic amines is 1. The molecule has 0 saturated carbocycles. The molecule has 0 bridgehead atoms. The number of carbonyl (C=O) groups excluding carboxylic acids is 1. The van der Waals surface area contributed by atoms with Crippen molar-refractivity contribution in [2.45, 2.75) is 12.7 Å². The molecule has 2 heterocycles. The molecule has 1 aliphatic rings. The van der Waals surface area contributed by atoms with Gasteiger partial charge < -0.3 is 9.64 Å². The van der Waals surface area contributed by atoms with Gasteiger partial charge in [0, 0.05) is 32.7 Å². The summed E-state index contributed by atoms with van der Waals surface area (Å²) in [6.07, 6.45) is -4.42. The van der Waals surface area contributed by atoms with Gasteiger partial charge in [0.05, 0.1) is 5.56 Å². The highest BCUT2D eigenvalue weighted by Crippen LogP contribution is 2.32. The number of piperazine rings is 1. The quantitative estimate of drug-likeness (QED) is 0.622. The molecule has 0 spiro atoms. The molecule has 1 fully saturated rings. The number of amides is 2. The van der Waals surface area contributed by atoms with Crippen molar-refractivity contribution in [3.8, 4) is 11.5 Å². The first kappa shape index (κ1) is 21.6. The van der Waals surface area contributed by atoms with Crippen LogP contribution in [0.2, 0.25) is 0 Å². The Labute approximate surface area is 181 Å². The summed E-state index contributed by atoms with van der Waals surface area (Å²) in [5.41, 5.74) is 0.201. The van der Waals surface area contributed by atoms with Crippen LogP contribution in [0, 0.1) is 0 Å². The van der Waals surface area contributed by atoms with E-state index in [4.69, 9.17) is 4.74 Å². The highest BCUT2D eigenvalue weighted by Gasteiger charge is 2.30. The third-order valence-corrected chi connectivity index (χ3v) is 4.93. The van der Waals surface area contributed by atoms with Crippen LogP contribution in [-0.4, -0.2) is 62.6 Å². The lowest BCUT2D eigenvalue weighted by molar-refractivity contribution is -0.137. The Bertz CT molecular complexity index is 1050. The maximum absolute atomic E-state index is 12.9. The number of hydrogen-bond donors (Lipinski definition) is 2. The Morgan fingerprint density at radius 1 is 1.06 bits per heavy atom. The van der Waals surface area contributed by atoms with E-state index >= 15 is 0 Å². The van der Waals surface area contributed by atoms with E-state index in [0.717, 1.165) is 17.7 Å². The van der Waals surface area contributed by atoms with Crippen LogP contribution in [0.4, 0.5) is 23.9 Å². The summed E-state index contributed by atoms with van der Waals surface area (Å²) in [7, 11) is 0. The van der Waals surface area contributed by atoms with Gasteiger partial charge in [-0.2, -0.15) is 18.4 Å². The number of carbonyl (C=O) groups is 1. The Hall–Kier alpha value is -3.67. The number of rotatable bonds is 5. The van der Waals surface area contributed by atoms with Crippen molar-refractivity contribution < 1.29 is 22.7 Å². The van der Waals surface area contributed by atoms with Gasteiger partial charge in [-0.15, -0.1) is 5.10 Å². The molecule has 2 aromatic carbocycles. The first-order valence-electron chi connectivity index (χ1n) is 9.82. The normalized spacial score (nSPS) is 14.9. The molecular formula is C20H20F3N7O2. The molecule has 0 radical (unpaired) electrons. The van der Waals surface area contributed by atoms with Crippen LogP contribution in [0.3, 0.4) is 0 Å². The van der Waals surface area contributed by atoms with Crippen LogP contribution in [0.1, 0.15) is 11.1 Å². The lowest BCUT2D eigenvalue weighted by Crippen LogP contribution is -2.49. The van der Waals surface area contributed by atoms with E-state index in [1.165, 1.54) is 12.1 Å². The summed E-state index contributed by atoms with van der Waals surface area (Å²) < 4.78 is 44.4. The second-order valence-electron chi connectivity index (χ2n) is 7.20. The molecule has 0 unspecified atom stereocenters. The van der Waals surface area contributed by atoms with Crippen molar-refractivity contribution >= 4 is 12.0 Å². The van der Waals surface area contributed by atoms with Crippen molar-refractivity contribution in [2.24, 2.45) is 0 Å². The fraction of sp³-hybridized carbons (Fsp3) is 0.300. The molecule has 1 aliphatic heterocycles. The van der Waals surface area contributed by atoms with Gasteiger partial charge in [-0.05, 0) is 41.1 Å². The fourth-order valence-electron chi connectivity index (χ4n) is 3.34. The largest absolute Gasteiger partial charge is 0.457 e. The first-order chi connectivity index (χ1) is 15.4. The second kappa shape index (κ2) is 9.22. The van der Waals surface area contributed by atoms with Gasteiger partial charge in [0.2, 0.25) is 0 Å². The van der Waals surface area contributed by atoms with E-state index in [9.17, 15) is 18.0 Å². The van der Waals surface area contributed by atoms with Gasteiger partial charge in [-0.3, -0.25) is 10.2 Å². The predicted molar refractivity (Wildman–Crippen MR) is 108 cm³/mol. The van der Waals surface area contributed by atoms with Gasteiger partial charge in [-0.1, -0.05) is 23.3 Å². The Balaban J connectivity index is 1.31. The molecule has 9 nitrogen and oxygen atoms in total. The number of urea groups is 1. The zero-order valence-corrected chi connectivity index (χ0v) is 16.8. The van der Waals surface area contributed by atoms with Crippen LogP contribution < -0.4 is 10.1 Å². The summed E-state index contributed by atoms with van der Waals surface area (Å²) in [5.74, 6) is 0.702. The summed E-state index contributed by atoms with van der Waals surface area (Å²) in [6, 6.07) is 11.7. The topological polar surface area (TPSA) is 99.3 Å². The van der Waals surface area contributed by atoms with Gasteiger partial charge >= 0.3 is 12.2 Å². The average Bonchev–Trinajstić information content (AvgIpc) is 3.27. The van der Waals surface area contributed by atoms with E-state index in [1.807, 2.05) is 6.07 Å². The minimum Gasteiger partial charge on any atom is -0.457 e. The molecule has 1 aromatic heterocycles. The smallest absolute Gasteiger partial charge is 0.416 e. The monoisotopic (exact) mass is 447 g/mol. The molecule has 32 heavy (non-hydrogen) atoms. The van der Waals surface area contributed by atoms with E-state index in [2.05, 4.69) is 30.8 Å². The van der Waals surface area contributed by atoms with Gasteiger partial charge in [-0.25, -0.2) is 4.79 Å². The zero-order chi connectivity index (χ0) is 22.6. The van der Waals surface area contributed by atoms with Crippen molar-refractivity contribution in [3.05, 3.63) is 59.7 Å². The molecule has 2 N–H and O–H groups in total. The number of halogens is 3. The number of benzene rings is 2. The number of hydrogen-bond acceptors (Lipinski definition) is 6. The number of nitrogens with zero attached hydrogens (tertiary/aromatic N) is 5. The van der Waals surface area contributed by atoms with Gasteiger partial charge in [0.25, 0.3) is 5.95 Å². The highest BCUT2D eigenvalue weighted by molar-refractivity contribution is 5.87. The lowest BCUT2D eigenvalue weighted by atomic mass is 10.2. The Morgan fingerprint density at radius 3 is 2.47 bits per heavy atom. The molecule has 2 amide bonds. The summed E-state index contributed by atoms with van der Waals surface area (Å²) in [6.45, 7) is 3.02. The van der Waals surface area contributed by atoms with Crippen LogP contribution in [0.5, 0.6) is 11.5 Å². The molecule has 1 saturated heterocycles. The van der Waals surface area contributed by atoms with Gasteiger partial charge in [0.15, 0.2) is 0 Å². The van der Waals surface area contributed by atoms with Crippen LogP contribution in [-0.2, 0) is 12.7 Å². The summed E-state index contributed by atoms with van der Waals surface area (Å²) >= 11 is 0. The number of tetrazole rings is 1. The van der Waals surface area contributed by atoms with E-state index in [-0.39, 0.29) is 17.7 Å². The minimum atomic E-state index is -4.42. The molecule has 4 rings (SSSR count). The third-order valence-electron chi connectivity index (χ3n) is 4.93. The lowest BCUT2D eigenvalue weighted by Gasteiger charge is -2.34. The maximum atomic E-state index is 12.9. The predicted octanol–water partition coefficient (Wildman–Crippen LogP) is 3.36. The van der Waals surface area contributed by atoms with Crippen LogP contribution in [0.25, 0.3) is 0 Å². The van der Waals surface area contributed by atoms with E-state index in [0.29, 0.717) is 38.5 Å². The molecule has 168 valence electrons. The van der Waals surface area contributed by atoms with Gasteiger partial charge in [0.1, 0.15) is 11.5 Å². The number of aromatic nitrogens is 4. The third kappa shape index (κ3) is 5.52. The maximum Gasteiger partial charge on any atom is 0.416 e. The number of ether oxygens (including phenoxy) is 1. The Morgan fingerprint density at radius 2 is 1.78 bits per heavy atom. The SMILES string of the molecule is O=C(Nc1nn[nH]n1)N1CCN(Cc2cccc(Oc3cccc(C(F)(F)F)c3)c2)CC1. The van der Waals surface area contributed by atoms with Crippen LogP contribution >= 0.6 is 0 Å². The molecule has 0 aliphatic carbocycles. The number of alkyl halides is 3. The minimum absolute atomic E-state index is 0.120. The Kier molecular flexibility index (Phi) is 6.21. The molecule has 3 aromatic rings. The summed E-state index contributed by atoms with van der Waals surface area (Å²) in [4.78, 5) is 16.1.